The molecule has 156 valence electrons. The zero-order chi connectivity index (χ0) is 21.2. The van der Waals surface area contributed by atoms with Gasteiger partial charge in [-0.1, -0.05) is 0 Å². The lowest BCUT2D eigenvalue weighted by molar-refractivity contribution is 0.488. The van der Waals surface area contributed by atoms with Crippen LogP contribution in [0.3, 0.4) is 0 Å². The number of hydrogen-bond donors (Lipinski definition) is 0. The standard InChI is InChI=1S/C24H24N6O/c25-14-19-13-17-5-1-2-8-21(17)27-24(19)29-12-4-7-20(29)16-30-23(31)10-9-22(28-30)18-6-3-11-26-15-18/h3,6,9-11,13,15,20H,1-2,4-5,7-8,12,16H2. The van der Waals surface area contributed by atoms with Gasteiger partial charge in [0, 0.05) is 36.3 Å². The summed E-state index contributed by atoms with van der Waals surface area (Å²) in [6.45, 7) is 1.30. The number of pyridine rings is 2. The Morgan fingerprint density at radius 3 is 2.90 bits per heavy atom. The molecule has 0 N–H and O–H groups in total. The highest BCUT2D eigenvalue weighted by molar-refractivity contribution is 5.58. The molecule has 0 saturated carbocycles. The third-order valence-electron chi connectivity index (χ3n) is 6.26. The van der Waals surface area contributed by atoms with E-state index >= 15 is 0 Å². The fourth-order valence-corrected chi connectivity index (χ4v) is 4.68. The Morgan fingerprint density at radius 1 is 1.16 bits per heavy atom. The van der Waals surface area contributed by atoms with Crippen LogP contribution in [-0.4, -0.2) is 32.3 Å². The van der Waals surface area contributed by atoms with Crippen LogP contribution in [0.1, 0.15) is 42.5 Å². The molecule has 7 heteroatoms. The SMILES string of the molecule is N#Cc1cc2c(nc1N1CCCC1Cn1nc(-c3cccnc3)ccc1=O)CCCC2. The number of nitriles is 1. The zero-order valence-corrected chi connectivity index (χ0v) is 17.4. The molecule has 0 amide bonds. The van der Waals surface area contributed by atoms with Crippen LogP contribution >= 0.6 is 0 Å². The van der Waals surface area contributed by atoms with Crippen molar-refractivity contribution in [3.8, 4) is 17.3 Å². The first-order valence-electron chi connectivity index (χ1n) is 10.9. The second-order valence-electron chi connectivity index (χ2n) is 8.25. The highest BCUT2D eigenvalue weighted by Crippen LogP contribution is 2.31. The molecule has 1 fully saturated rings. The summed E-state index contributed by atoms with van der Waals surface area (Å²) in [5.74, 6) is 0.766. The summed E-state index contributed by atoms with van der Waals surface area (Å²) >= 11 is 0. The van der Waals surface area contributed by atoms with Gasteiger partial charge in [0.05, 0.1) is 23.8 Å². The summed E-state index contributed by atoms with van der Waals surface area (Å²) in [6.07, 6.45) is 9.69. The van der Waals surface area contributed by atoms with Crippen molar-refractivity contribution in [1.29, 1.82) is 5.26 Å². The fraction of sp³-hybridized carbons (Fsp3) is 0.375. The van der Waals surface area contributed by atoms with Crippen LogP contribution in [0, 0.1) is 11.3 Å². The Bertz CT molecular complexity index is 1200. The molecular formula is C24H24N6O. The fourth-order valence-electron chi connectivity index (χ4n) is 4.68. The van der Waals surface area contributed by atoms with Gasteiger partial charge in [0.15, 0.2) is 0 Å². The Morgan fingerprint density at radius 2 is 2.06 bits per heavy atom. The van der Waals surface area contributed by atoms with Crippen molar-refractivity contribution in [2.45, 2.75) is 51.1 Å². The van der Waals surface area contributed by atoms with Crippen molar-refractivity contribution < 1.29 is 0 Å². The van der Waals surface area contributed by atoms with Gasteiger partial charge >= 0.3 is 0 Å². The molecule has 0 bridgehead atoms. The first-order chi connectivity index (χ1) is 15.2. The van der Waals surface area contributed by atoms with Gasteiger partial charge in [-0.25, -0.2) is 9.67 Å². The number of nitrogens with zero attached hydrogens (tertiary/aromatic N) is 6. The predicted molar refractivity (Wildman–Crippen MR) is 118 cm³/mol. The smallest absolute Gasteiger partial charge is 0.266 e. The second kappa shape index (κ2) is 8.31. The molecule has 4 heterocycles. The lowest BCUT2D eigenvalue weighted by Crippen LogP contribution is -2.38. The van der Waals surface area contributed by atoms with Gasteiger partial charge in [-0.15, -0.1) is 0 Å². The molecule has 1 aliphatic carbocycles. The molecule has 31 heavy (non-hydrogen) atoms. The van der Waals surface area contributed by atoms with E-state index in [4.69, 9.17) is 4.98 Å². The van der Waals surface area contributed by atoms with Crippen LogP contribution < -0.4 is 10.5 Å². The van der Waals surface area contributed by atoms with Crippen molar-refractivity contribution >= 4 is 5.82 Å². The van der Waals surface area contributed by atoms with Crippen LogP contribution in [0.5, 0.6) is 0 Å². The lowest BCUT2D eigenvalue weighted by Gasteiger charge is -2.28. The molecule has 3 aromatic heterocycles. The van der Waals surface area contributed by atoms with E-state index in [2.05, 4.69) is 21.1 Å². The summed E-state index contributed by atoms with van der Waals surface area (Å²) in [7, 11) is 0. The summed E-state index contributed by atoms with van der Waals surface area (Å²) in [5, 5.41) is 14.4. The minimum absolute atomic E-state index is 0.0792. The molecule has 1 aliphatic heterocycles. The average molecular weight is 412 g/mol. The van der Waals surface area contributed by atoms with Gasteiger partial charge < -0.3 is 4.90 Å². The topological polar surface area (TPSA) is 87.7 Å². The van der Waals surface area contributed by atoms with Crippen molar-refractivity contribution in [1.82, 2.24) is 19.7 Å². The molecule has 2 aliphatic rings. The third kappa shape index (κ3) is 3.81. The van der Waals surface area contributed by atoms with E-state index in [1.165, 1.54) is 10.2 Å². The molecule has 5 rings (SSSR count). The van der Waals surface area contributed by atoms with Gasteiger partial charge in [0.25, 0.3) is 5.56 Å². The van der Waals surface area contributed by atoms with E-state index < -0.39 is 0 Å². The minimum atomic E-state index is -0.126. The van der Waals surface area contributed by atoms with Gasteiger partial charge in [-0.3, -0.25) is 9.78 Å². The van der Waals surface area contributed by atoms with E-state index in [9.17, 15) is 10.1 Å². The van der Waals surface area contributed by atoms with Crippen molar-refractivity contribution in [2.24, 2.45) is 0 Å². The molecule has 3 aromatic rings. The maximum absolute atomic E-state index is 12.5. The minimum Gasteiger partial charge on any atom is -0.351 e. The number of hydrogen-bond acceptors (Lipinski definition) is 6. The number of aromatic nitrogens is 4. The van der Waals surface area contributed by atoms with Gasteiger partial charge in [-0.2, -0.15) is 10.4 Å². The van der Waals surface area contributed by atoms with Crippen LogP contribution in [-0.2, 0) is 19.4 Å². The number of fused-ring (bicyclic) bond motifs is 1. The number of rotatable bonds is 4. The molecular weight excluding hydrogens is 388 g/mol. The van der Waals surface area contributed by atoms with Crippen LogP contribution in [0.2, 0.25) is 0 Å². The van der Waals surface area contributed by atoms with Crippen LogP contribution in [0.25, 0.3) is 11.3 Å². The Labute approximate surface area is 181 Å². The second-order valence-corrected chi connectivity index (χ2v) is 8.25. The lowest BCUT2D eigenvalue weighted by atomic mass is 9.95. The van der Waals surface area contributed by atoms with Crippen LogP contribution in [0.15, 0.2) is 47.5 Å². The Hall–Kier alpha value is -3.53. The van der Waals surface area contributed by atoms with Crippen molar-refractivity contribution in [3.63, 3.8) is 0 Å². The molecule has 1 atom stereocenters. The first kappa shape index (κ1) is 19.4. The summed E-state index contributed by atoms with van der Waals surface area (Å²) in [5.41, 5.74) is 4.45. The van der Waals surface area contributed by atoms with E-state index in [-0.39, 0.29) is 11.6 Å². The summed E-state index contributed by atoms with van der Waals surface area (Å²) in [6, 6.07) is 11.5. The Balaban J connectivity index is 1.46. The zero-order valence-electron chi connectivity index (χ0n) is 17.4. The monoisotopic (exact) mass is 412 g/mol. The highest BCUT2D eigenvalue weighted by Gasteiger charge is 2.29. The Kier molecular flexibility index (Phi) is 5.21. The molecule has 7 nitrogen and oxygen atoms in total. The third-order valence-corrected chi connectivity index (χ3v) is 6.26. The molecule has 0 aromatic carbocycles. The number of anilines is 1. The summed E-state index contributed by atoms with van der Waals surface area (Å²) in [4.78, 5) is 23.8. The van der Waals surface area contributed by atoms with Gasteiger partial charge in [0.2, 0.25) is 0 Å². The maximum Gasteiger partial charge on any atom is 0.266 e. The molecule has 1 saturated heterocycles. The average Bonchev–Trinajstić information content (AvgIpc) is 3.28. The van der Waals surface area contributed by atoms with Crippen LogP contribution in [0.4, 0.5) is 5.82 Å². The largest absolute Gasteiger partial charge is 0.351 e. The first-order valence-corrected chi connectivity index (χ1v) is 10.9. The van der Waals surface area contributed by atoms with E-state index in [1.54, 1.807) is 24.5 Å². The molecule has 1 unspecified atom stereocenters. The normalized spacial score (nSPS) is 17.9. The van der Waals surface area contributed by atoms with Gasteiger partial charge in [-0.05, 0) is 68.4 Å². The highest BCUT2D eigenvalue weighted by atomic mass is 16.1. The van der Waals surface area contributed by atoms with E-state index in [0.717, 1.165) is 67.8 Å². The van der Waals surface area contributed by atoms with E-state index in [1.807, 2.05) is 18.2 Å². The predicted octanol–water partition coefficient (Wildman–Crippen LogP) is 3.12. The van der Waals surface area contributed by atoms with Gasteiger partial charge in [0.1, 0.15) is 11.9 Å². The van der Waals surface area contributed by atoms with Crippen molar-refractivity contribution in [3.05, 3.63) is 69.9 Å². The molecule has 0 spiro atoms. The van der Waals surface area contributed by atoms with E-state index in [0.29, 0.717) is 12.1 Å². The van der Waals surface area contributed by atoms with Crippen molar-refractivity contribution in [2.75, 3.05) is 11.4 Å². The quantitative estimate of drug-likeness (QED) is 0.654. The maximum atomic E-state index is 12.5. The summed E-state index contributed by atoms with van der Waals surface area (Å²) < 4.78 is 1.54. The number of aryl methyl sites for hydroxylation is 2. The molecule has 0 radical (unpaired) electrons.